The van der Waals surface area contributed by atoms with E-state index in [-0.39, 0.29) is 11.8 Å². The lowest BCUT2D eigenvalue weighted by Crippen LogP contribution is -2.38. The van der Waals surface area contributed by atoms with Crippen LogP contribution in [0.3, 0.4) is 0 Å². The maximum absolute atomic E-state index is 12.2. The van der Waals surface area contributed by atoms with Crippen molar-refractivity contribution in [2.45, 2.75) is 26.2 Å². The number of hydrogen-bond acceptors (Lipinski definition) is 3. The second-order valence-corrected chi connectivity index (χ2v) is 6.29. The summed E-state index contributed by atoms with van der Waals surface area (Å²) in [6, 6.07) is 0. The molecule has 108 valence electrons. The second kappa shape index (κ2) is 5.90. The van der Waals surface area contributed by atoms with Gasteiger partial charge in [-0.25, -0.2) is 0 Å². The minimum Gasteiger partial charge on any atom is -0.481 e. The van der Waals surface area contributed by atoms with Crippen molar-refractivity contribution >= 4 is 11.9 Å². The molecule has 0 aromatic heterocycles. The Morgan fingerprint density at radius 1 is 1.32 bits per heavy atom. The molecule has 4 atom stereocenters. The zero-order valence-corrected chi connectivity index (χ0v) is 11.8. The SMILES string of the molecule is CC1CC(C(=O)O)C(C(=O)NCC2CCN(C)C2)C1. The van der Waals surface area contributed by atoms with Gasteiger partial charge >= 0.3 is 5.97 Å². The summed E-state index contributed by atoms with van der Waals surface area (Å²) in [5, 5.41) is 12.1. The molecule has 1 saturated heterocycles. The van der Waals surface area contributed by atoms with Crippen molar-refractivity contribution in [1.29, 1.82) is 0 Å². The molecule has 2 N–H and O–H groups in total. The van der Waals surface area contributed by atoms with Gasteiger partial charge in [0.15, 0.2) is 0 Å². The third-order valence-electron chi connectivity index (χ3n) is 4.51. The van der Waals surface area contributed by atoms with Crippen molar-refractivity contribution in [2.24, 2.45) is 23.7 Å². The Hall–Kier alpha value is -1.10. The van der Waals surface area contributed by atoms with Crippen LogP contribution in [0.25, 0.3) is 0 Å². The fourth-order valence-electron chi connectivity index (χ4n) is 3.42. The molecule has 0 aromatic rings. The van der Waals surface area contributed by atoms with E-state index < -0.39 is 11.9 Å². The number of nitrogens with one attached hydrogen (secondary N) is 1. The van der Waals surface area contributed by atoms with Crippen LogP contribution in [0.4, 0.5) is 0 Å². The zero-order valence-electron chi connectivity index (χ0n) is 11.8. The van der Waals surface area contributed by atoms with E-state index in [0.29, 0.717) is 31.2 Å². The molecule has 0 spiro atoms. The van der Waals surface area contributed by atoms with Crippen molar-refractivity contribution in [3.63, 3.8) is 0 Å². The van der Waals surface area contributed by atoms with Gasteiger partial charge in [0.05, 0.1) is 11.8 Å². The number of carboxylic acid groups (broad SMARTS) is 1. The van der Waals surface area contributed by atoms with E-state index in [9.17, 15) is 14.7 Å². The first-order valence-corrected chi connectivity index (χ1v) is 7.16. The predicted molar refractivity (Wildman–Crippen MR) is 71.6 cm³/mol. The summed E-state index contributed by atoms with van der Waals surface area (Å²) in [6.07, 6.45) is 2.44. The van der Waals surface area contributed by atoms with Gasteiger partial charge in [-0.2, -0.15) is 0 Å². The smallest absolute Gasteiger partial charge is 0.307 e. The Labute approximate surface area is 114 Å². The van der Waals surface area contributed by atoms with Crippen LogP contribution in [0.15, 0.2) is 0 Å². The van der Waals surface area contributed by atoms with Gasteiger partial charge in [-0.3, -0.25) is 9.59 Å². The highest BCUT2D eigenvalue weighted by molar-refractivity contribution is 5.85. The second-order valence-electron chi connectivity index (χ2n) is 6.29. The number of carbonyl (C=O) groups excluding carboxylic acids is 1. The van der Waals surface area contributed by atoms with Gasteiger partial charge in [0.1, 0.15) is 0 Å². The summed E-state index contributed by atoms with van der Waals surface area (Å²) < 4.78 is 0. The highest BCUT2D eigenvalue weighted by Crippen LogP contribution is 2.36. The number of likely N-dealkylation sites (tertiary alicyclic amines) is 1. The zero-order chi connectivity index (χ0) is 14.0. The number of rotatable bonds is 4. The Morgan fingerprint density at radius 3 is 2.58 bits per heavy atom. The van der Waals surface area contributed by atoms with Gasteiger partial charge in [0.2, 0.25) is 5.91 Å². The van der Waals surface area contributed by atoms with E-state index in [0.717, 1.165) is 19.5 Å². The summed E-state index contributed by atoms with van der Waals surface area (Å²) in [6.45, 7) is 4.80. The fraction of sp³-hybridized carbons (Fsp3) is 0.857. The Morgan fingerprint density at radius 2 is 2.00 bits per heavy atom. The predicted octanol–water partition coefficient (Wildman–Crippen LogP) is 0.801. The first-order valence-electron chi connectivity index (χ1n) is 7.16. The average Bonchev–Trinajstić information content (AvgIpc) is 2.92. The molecule has 0 aromatic carbocycles. The molecular weight excluding hydrogens is 244 g/mol. The van der Waals surface area contributed by atoms with Crippen LogP contribution in [0.5, 0.6) is 0 Å². The fourth-order valence-corrected chi connectivity index (χ4v) is 3.42. The standard InChI is InChI=1S/C14H24N2O3/c1-9-5-11(12(6-9)14(18)19)13(17)15-7-10-3-4-16(2)8-10/h9-12H,3-8H2,1-2H3,(H,15,17)(H,18,19). The summed E-state index contributed by atoms with van der Waals surface area (Å²) in [5.41, 5.74) is 0. The van der Waals surface area contributed by atoms with Crippen molar-refractivity contribution < 1.29 is 14.7 Å². The molecule has 1 saturated carbocycles. The van der Waals surface area contributed by atoms with E-state index >= 15 is 0 Å². The lowest BCUT2D eigenvalue weighted by molar-refractivity contribution is -0.146. The molecule has 2 rings (SSSR count). The summed E-state index contributed by atoms with van der Waals surface area (Å²) in [7, 11) is 2.08. The van der Waals surface area contributed by atoms with Gasteiger partial charge in [-0.15, -0.1) is 0 Å². The van der Waals surface area contributed by atoms with E-state index in [4.69, 9.17) is 0 Å². The van der Waals surface area contributed by atoms with Crippen molar-refractivity contribution in [3.05, 3.63) is 0 Å². The minimum atomic E-state index is -0.829. The van der Waals surface area contributed by atoms with Gasteiger partial charge < -0.3 is 15.3 Å². The van der Waals surface area contributed by atoms with E-state index in [1.807, 2.05) is 6.92 Å². The first kappa shape index (κ1) is 14.3. The number of nitrogens with zero attached hydrogens (tertiary/aromatic N) is 1. The molecule has 1 aliphatic carbocycles. The average molecular weight is 268 g/mol. The van der Waals surface area contributed by atoms with Gasteiger partial charge in [0.25, 0.3) is 0 Å². The number of carbonyl (C=O) groups is 2. The maximum atomic E-state index is 12.2. The van der Waals surface area contributed by atoms with Crippen molar-refractivity contribution in [1.82, 2.24) is 10.2 Å². The lowest BCUT2D eigenvalue weighted by Gasteiger charge is -2.17. The summed E-state index contributed by atoms with van der Waals surface area (Å²) >= 11 is 0. The van der Waals surface area contributed by atoms with Gasteiger partial charge in [-0.05, 0) is 44.7 Å². The molecule has 0 bridgehead atoms. The van der Waals surface area contributed by atoms with E-state index in [2.05, 4.69) is 17.3 Å². The lowest BCUT2D eigenvalue weighted by atomic mass is 9.95. The number of carboxylic acids is 1. The maximum Gasteiger partial charge on any atom is 0.307 e. The molecule has 2 fully saturated rings. The summed E-state index contributed by atoms with van der Waals surface area (Å²) in [5.74, 6) is -0.894. The number of amides is 1. The van der Waals surface area contributed by atoms with E-state index in [1.165, 1.54) is 0 Å². The molecule has 2 aliphatic rings. The van der Waals surface area contributed by atoms with Crippen LogP contribution in [0, 0.1) is 23.7 Å². The molecule has 1 heterocycles. The Kier molecular flexibility index (Phi) is 4.45. The van der Waals surface area contributed by atoms with Crippen LogP contribution >= 0.6 is 0 Å². The normalized spacial score (nSPS) is 35.5. The number of hydrogen-bond donors (Lipinski definition) is 2. The van der Waals surface area contributed by atoms with Crippen molar-refractivity contribution in [3.8, 4) is 0 Å². The third-order valence-corrected chi connectivity index (χ3v) is 4.51. The molecule has 5 heteroatoms. The first-order chi connectivity index (χ1) is 8.97. The summed E-state index contributed by atoms with van der Waals surface area (Å²) in [4.78, 5) is 25.6. The van der Waals surface area contributed by atoms with Crippen molar-refractivity contribution in [2.75, 3.05) is 26.7 Å². The molecule has 0 radical (unpaired) electrons. The topological polar surface area (TPSA) is 69.6 Å². The van der Waals surface area contributed by atoms with Crippen LogP contribution in [0.2, 0.25) is 0 Å². The van der Waals surface area contributed by atoms with Crippen LogP contribution in [-0.2, 0) is 9.59 Å². The van der Waals surface area contributed by atoms with Gasteiger partial charge in [0, 0.05) is 13.1 Å². The highest BCUT2D eigenvalue weighted by atomic mass is 16.4. The molecule has 19 heavy (non-hydrogen) atoms. The van der Waals surface area contributed by atoms with E-state index in [1.54, 1.807) is 0 Å². The quantitative estimate of drug-likeness (QED) is 0.791. The molecule has 1 amide bonds. The molecule has 1 aliphatic heterocycles. The van der Waals surface area contributed by atoms with Gasteiger partial charge in [-0.1, -0.05) is 6.92 Å². The molecular formula is C14H24N2O3. The molecule has 5 nitrogen and oxygen atoms in total. The van der Waals surface area contributed by atoms with Crippen LogP contribution in [-0.4, -0.2) is 48.6 Å². The largest absolute Gasteiger partial charge is 0.481 e. The minimum absolute atomic E-state index is 0.0636. The highest BCUT2D eigenvalue weighted by Gasteiger charge is 2.41. The molecule has 4 unspecified atom stereocenters. The Balaban J connectivity index is 1.83. The monoisotopic (exact) mass is 268 g/mol. The van der Waals surface area contributed by atoms with Crippen LogP contribution < -0.4 is 5.32 Å². The third kappa shape index (κ3) is 3.47. The number of aliphatic carboxylic acids is 1. The van der Waals surface area contributed by atoms with Crippen LogP contribution in [0.1, 0.15) is 26.2 Å². The Bertz CT molecular complexity index is 359.